The van der Waals surface area contributed by atoms with E-state index in [2.05, 4.69) is 17.3 Å². The van der Waals surface area contributed by atoms with Crippen molar-refractivity contribution in [1.29, 1.82) is 0 Å². The van der Waals surface area contributed by atoms with Crippen molar-refractivity contribution in [2.45, 2.75) is 18.9 Å². The molecule has 1 aromatic rings. The van der Waals surface area contributed by atoms with Gasteiger partial charge in [-0.1, -0.05) is 30.3 Å². The number of rotatable bonds is 5. The molecule has 1 aliphatic rings. The average molecular weight is 261 g/mol. The number of hydrogen-bond donors (Lipinski definition) is 2. The van der Waals surface area contributed by atoms with Crippen molar-refractivity contribution in [1.82, 2.24) is 10.2 Å². The Morgan fingerprint density at radius 2 is 2.21 bits per heavy atom. The molecule has 0 saturated carbocycles. The molecule has 1 saturated heterocycles. The third-order valence-electron chi connectivity index (χ3n) is 3.74. The average Bonchev–Trinajstić information content (AvgIpc) is 2.86. The summed E-state index contributed by atoms with van der Waals surface area (Å²) in [6.45, 7) is 2.54. The minimum absolute atomic E-state index is 0.00671. The molecule has 1 aliphatic heterocycles. The van der Waals surface area contributed by atoms with Crippen LogP contribution in [0.3, 0.4) is 0 Å². The van der Waals surface area contributed by atoms with E-state index in [1.54, 1.807) is 0 Å². The molecular formula is C15H23N3O. The molecule has 0 radical (unpaired) electrons. The van der Waals surface area contributed by atoms with Gasteiger partial charge in [-0.15, -0.1) is 0 Å². The second kappa shape index (κ2) is 6.68. The predicted molar refractivity (Wildman–Crippen MR) is 76.6 cm³/mol. The number of benzene rings is 1. The first-order valence-electron chi connectivity index (χ1n) is 6.93. The van der Waals surface area contributed by atoms with Crippen LogP contribution in [0.4, 0.5) is 0 Å². The van der Waals surface area contributed by atoms with E-state index in [-0.39, 0.29) is 17.9 Å². The first kappa shape index (κ1) is 14.0. The highest BCUT2D eigenvalue weighted by molar-refractivity contribution is 5.79. The largest absolute Gasteiger partial charge is 0.356 e. The van der Waals surface area contributed by atoms with Gasteiger partial charge in [-0.05, 0) is 32.0 Å². The number of amides is 1. The van der Waals surface area contributed by atoms with Crippen LogP contribution in [0.15, 0.2) is 30.3 Å². The molecule has 4 heteroatoms. The Balaban J connectivity index is 1.70. The Morgan fingerprint density at radius 1 is 1.47 bits per heavy atom. The number of hydrogen-bond acceptors (Lipinski definition) is 3. The van der Waals surface area contributed by atoms with Crippen molar-refractivity contribution >= 4 is 5.91 Å². The van der Waals surface area contributed by atoms with Crippen molar-refractivity contribution in [3.05, 3.63) is 35.9 Å². The quantitative estimate of drug-likeness (QED) is 0.836. The third kappa shape index (κ3) is 4.04. The molecule has 4 nitrogen and oxygen atoms in total. The van der Waals surface area contributed by atoms with E-state index in [9.17, 15) is 4.79 Å². The fraction of sp³-hybridized carbons (Fsp3) is 0.533. The van der Waals surface area contributed by atoms with Gasteiger partial charge < -0.3 is 16.0 Å². The maximum absolute atomic E-state index is 11.9. The first-order chi connectivity index (χ1) is 9.16. The van der Waals surface area contributed by atoms with Gasteiger partial charge in [0.1, 0.15) is 0 Å². The standard InChI is InChI=1S/C15H23N3O/c1-18-10-8-13(11-18)15(19)17-9-7-14(16)12-5-3-2-4-6-12/h2-6,13-14H,7-11,16H2,1H3,(H,17,19). The predicted octanol–water partition coefficient (Wildman–Crippen LogP) is 1.14. The minimum Gasteiger partial charge on any atom is -0.356 e. The van der Waals surface area contributed by atoms with Crippen LogP contribution in [0.5, 0.6) is 0 Å². The highest BCUT2D eigenvalue weighted by Gasteiger charge is 2.25. The summed E-state index contributed by atoms with van der Waals surface area (Å²) in [4.78, 5) is 14.1. The molecule has 2 unspecified atom stereocenters. The van der Waals surface area contributed by atoms with Crippen molar-refractivity contribution in [3.63, 3.8) is 0 Å². The number of nitrogens with two attached hydrogens (primary N) is 1. The summed E-state index contributed by atoms with van der Waals surface area (Å²) in [6.07, 6.45) is 1.74. The van der Waals surface area contributed by atoms with Crippen LogP contribution in [0, 0.1) is 5.92 Å². The molecule has 0 spiro atoms. The van der Waals surface area contributed by atoms with Crippen LogP contribution in [-0.4, -0.2) is 37.5 Å². The first-order valence-corrected chi connectivity index (χ1v) is 6.93. The molecule has 1 heterocycles. The van der Waals surface area contributed by atoms with Gasteiger partial charge in [-0.2, -0.15) is 0 Å². The van der Waals surface area contributed by atoms with Crippen molar-refractivity contribution in [3.8, 4) is 0 Å². The van der Waals surface area contributed by atoms with E-state index in [4.69, 9.17) is 5.73 Å². The fourth-order valence-corrected chi connectivity index (χ4v) is 2.51. The molecule has 0 aliphatic carbocycles. The van der Waals surface area contributed by atoms with Gasteiger partial charge in [0.25, 0.3) is 0 Å². The number of nitrogens with one attached hydrogen (secondary N) is 1. The molecule has 2 atom stereocenters. The lowest BCUT2D eigenvalue weighted by Crippen LogP contribution is -2.34. The minimum atomic E-state index is -0.00671. The highest BCUT2D eigenvalue weighted by Crippen LogP contribution is 2.15. The van der Waals surface area contributed by atoms with Crippen molar-refractivity contribution < 1.29 is 4.79 Å². The van der Waals surface area contributed by atoms with E-state index in [1.807, 2.05) is 30.3 Å². The van der Waals surface area contributed by atoms with E-state index in [0.29, 0.717) is 6.54 Å². The van der Waals surface area contributed by atoms with E-state index in [0.717, 1.165) is 31.5 Å². The molecular weight excluding hydrogens is 238 g/mol. The number of carbonyl (C=O) groups excluding carboxylic acids is 1. The number of nitrogens with zero attached hydrogens (tertiary/aromatic N) is 1. The molecule has 19 heavy (non-hydrogen) atoms. The summed E-state index contributed by atoms with van der Waals surface area (Å²) in [5, 5.41) is 3.00. The van der Waals surface area contributed by atoms with Crippen molar-refractivity contribution in [2.24, 2.45) is 11.7 Å². The van der Waals surface area contributed by atoms with Crippen molar-refractivity contribution in [2.75, 3.05) is 26.7 Å². The Bertz CT molecular complexity index is 407. The van der Waals surface area contributed by atoms with Crippen LogP contribution in [-0.2, 0) is 4.79 Å². The van der Waals surface area contributed by atoms with E-state index < -0.39 is 0 Å². The van der Waals surface area contributed by atoms with Gasteiger partial charge in [0.05, 0.1) is 5.92 Å². The zero-order valence-corrected chi connectivity index (χ0v) is 11.5. The molecule has 1 amide bonds. The van der Waals surface area contributed by atoms with E-state index in [1.165, 1.54) is 0 Å². The number of carbonyl (C=O) groups is 1. The monoisotopic (exact) mass is 261 g/mol. The third-order valence-corrected chi connectivity index (χ3v) is 3.74. The van der Waals surface area contributed by atoms with Crippen LogP contribution >= 0.6 is 0 Å². The summed E-state index contributed by atoms with van der Waals surface area (Å²) < 4.78 is 0. The lowest BCUT2D eigenvalue weighted by molar-refractivity contribution is -0.124. The van der Waals surface area contributed by atoms with Gasteiger partial charge in [-0.25, -0.2) is 0 Å². The van der Waals surface area contributed by atoms with Gasteiger partial charge in [-0.3, -0.25) is 4.79 Å². The number of likely N-dealkylation sites (tertiary alicyclic amines) is 1. The van der Waals surface area contributed by atoms with Crippen LogP contribution in [0.25, 0.3) is 0 Å². The van der Waals surface area contributed by atoms with Gasteiger partial charge in [0, 0.05) is 19.1 Å². The Kier molecular flexibility index (Phi) is 4.93. The topological polar surface area (TPSA) is 58.4 Å². The Hall–Kier alpha value is -1.39. The normalized spacial score (nSPS) is 21.3. The molecule has 2 rings (SSSR count). The molecule has 1 fully saturated rings. The lowest BCUT2D eigenvalue weighted by Gasteiger charge is -2.14. The lowest BCUT2D eigenvalue weighted by atomic mass is 10.0. The molecule has 3 N–H and O–H groups in total. The van der Waals surface area contributed by atoms with Gasteiger partial charge >= 0.3 is 0 Å². The Morgan fingerprint density at radius 3 is 2.84 bits per heavy atom. The molecule has 104 valence electrons. The Labute approximate surface area is 115 Å². The maximum Gasteiger partial charge on any atom is 0.224 e. The summed E-state index contributed by atoms with van der Waals surface area (Å²) in [5.41, 5.74) is 7.22. The second-order valence-corrected chi connectivity index (χ2v) is 5.34. The van der Waals surface area contributed by atoms with Crippen LogP contribution in [0.1, 0.15) is 24.4 Å². The smallest absolute Gasteiger partial charge is 0.224 e. The summed E-state index contributed by atoms with van der Waals surface area (Å²) in [6, 6.07) is 10.0. The summed E-state index contributed by atoms with van der Waals surface area (Å²) in [5.74, 6) is 0.322. The second-order valence-electron chi connectivity index (χ2n) is 5.34. The van der Waals surface area contributed by atoms with Gasteiger partial charge in [0.2, 0.25) is 5.91 Å². The fourth-order valence-electron chi connectivity index (χ4n) is 2.51. The zero-order chi connectivity index (χ0) is 13.7. The van der Waals surface area contributed by atoms with Gasteiger partial charge in [0.15, 0.2) is 0 Å². The van der Waals surface area contributed by atoms with E-state index >= 15 is 0 Å². The van der Waals surface area contributed by atoms with Crippen LogP contribution in [0.2, 0.25) is 0 Å². The maximum atomic E-state index is 11.9. The molecule has 0 aromatic heterocycles. The zero-order valence-electron chi connectivity index (χ0n) is 11.5. The molecule has 1 aromatic carbocycles. The summed E-state index contributed by atoms with van der Waals surface area (Å²) in [7, 11) is 2.05. The SMILES string of the molecule is CN1CCC(C(=O)NCCC(N)c2ccccc2)C1. The molecule has 0 bridgehead atoms. The van der Waals surface area contributed by atoms with Crippen LogP contribution < -0.4 is 11.1 Å². The highest BCUT2D eigenvalue weighted by atomic mass is 16.1. The summed E-state index contributed by atoms with van der Waals surface area (Å²) >= 11 is 0.